The number of hydrogen-bond acceptors (Lipinski definition) is 8. The summed E-state index contributed by atoms with van der Waals surface area (Å²) in [5.74, 6) is -1.55. The van der Waals surface area contributed by atoms with Crippen molar-refractivity contribution in [1.82, 2.24) is 0 Å². The largest absolute Gasteiger partial charge is 0.462 e. The molecular weight excluding hydrogens is 406 g/mol. The van der Waals surface area contributed by atoms with Gasteiger partial charge < -0.3 is 19.5 Å². The van der Waals surface area contributed by atoms with Gasteiger partial charge in [-0.15, -0.1) is 11.3 Å². The number of carbonyl (C=O) groups excluding carboxylic acids is 3. The van der Waals surface area contributed by atoms with Crippen LogP contribution in [0, 0.1) is 6.92 Å². The van der Waals surface area contributed by atoms with E-state index in [1.165, 1.54) is 6.08 Å². The Balaban J connectivity index is 1.93. The molecule has 1 N–H and O–H groups in total. The maximum Gasteiger partial charge on any atom is 0.348 e. The highest BCUT2D eigenvalue weighted by Gasteiger charge is 2.34. The van der Waals surface area contributed by atoms with Crippen LogP contribution in [0.1, 0.15) is 67.5 Å². The summed E-state index contributed by atoms with van der Waals surface area (Å²) < 4.78 is 15.9. The van der Waals surface area contributed by atoms with Crippen LogP contribution in [0.2, 0.25) is 0 Å². The number of nitrogens with one attached hydrogen (secondary N) is 1. The molecule has 1 aromatic carbocycles. The lowest BCUT2D eigenvalue weighted by Crippen LogP contribution is -2.14. The molecule has 0 unspecified atom stereocenters. The summed E-state index contributed by atoms with van der Waals surface area (Å²) in [6, 6.07) is 7.00. The maximum atomic E-state index is 12.8. The van der Waals surface area contributed by atoms with Gasteiger partial charge in [0.05, 0.1) is 17.7 Å². The Morgan fingerprint density at radius 2 is 2.03 bits per heavy atom. The minimum atomic E-state index is -0.772. The van der Waals surface area contributed by atoms with Crippen molar-refractivity contribution in [1.29, 1.82) is 0 Å². The molecule has 0 radical (unpaired) electrons. The average molecular weight is 429 g/mol. The molecule has 1 aliphatic rings. The van der Waals surface area contributed by atoms with Crippen LogP contribution in [-0.2, 0) is 14.2 Å². The standard InChI is InChI=1S/C22H23NO6S/c1-4-6-12-28-21(25)16-13(3)17(22(26)27-11-5-2)30-19(16)23-18-14-9-7-8-10-15(14)20(24)29-18/h5,7-10,18,23H,2,4,6,11-12H2,1,3H3/t18-/m0/s1. The lowest BCUT2D eigenvalue weighted by atomic mass is 10.1. The van der Waals surface area contributed by atoms with Crippen molar-refractivity contribution in [3.05, 3.63) is 64.1 Å². The summed E-state index contributed by atoms with van der Waals surface area (Å²) in [7, 11) is 0. The third-order valence-electron chi connectivity index (χ3n) is 4.55. The predicted octanol–water partition coefficient (Wildman–Crippen LogP) is 4.64. The topological polar surface area (TPSA) is 90.9 Å². The van der Waals surface area contributed by atoms with Crippen LogP contribution in [-0.4, -0.2) is 31.1 Å². The molecule has 1 aliphatic heterocycles. The molecule has 7 nitrogen and oxygen atoms in total. The number of rotatable bonds is 9. The number of unbranched alkanes of at least 4 members (excludes halogenated alkanes) is 1. The predicted molar refractivity (Wildman–Crippen MR) is 113 cm³/mol. The Kier molecular flexibility index (Phi) is 6.89. The van der Waals surface area contributed by atoms with Gasteiger partial charge in [0.2, 0.25) is 6.23 Å². The molecule has 2 aromatic rings. The van der Waals surface area contributed by atoms with E-state index in [1.807, 2.05) is 6.92 Å². The van der Waals surface area contributed by atoms with Gasteiger partial charge in [-0.2, -0.15) is 0 Å². The van der Waals surface area contributed by atoms with Crippen molar-refractivity contribution in [2.24, 2.45) is 0 Å². The van der Waals surface area contributed by atoms with E-state index in [0.717, 1.165) is 24.2 Å². The van der Waals surface area contributed by atoms with Gasteiger partial charge in [0.15, 0.2) is 0 Å². The Bertz CT molecular complexity index is 980. The fourth-order valence-electron chi connectivity index (χ4n) is 3.01. The van der Waals surface area contributed by atoms with Crippen molar-refractivity contribution in [3.8, 4) is 0 Å². The molecule has 0 fully saturated rings. The van der Waals surface area contributed by atoms with E-state index in [1.54, 1.807) is 31.2 Å². The molecule has 1 aromatic heterocycles. The lowest BCUT2D eigenvalue weighted by molar-refractivity contribution is 0.0436. The summed E-state index contributed by atoms with van der Waals surface area (Å²) in [5, 5.41) is 3.47. The van der Waals surface area contributed by atoms with Gasteiger partial charge in [-0.1, -0.05) is 44.2 Å². The number of hydrogen-bond donors (Lipinski definition) is 1. The third kappa shape index (κ3) is 4.38. The van der Waals surface area contributed by atoms with Crippen molar-refractivity contribution in [2.45, 2.75) is 32.9 Å². The van der Waals surface area contributed by atoms with E-state index >= 15 is 0 Å². The highest BCUT2D eigenvalue weighted by atomic mass is 32.1. The second kappa shape index (κ2) is 9.58. The number of esters is 3. The van der Waals surface area contributed by atoms with Crippen LogP contribution < -0.4 is 5.32 Å². The number of fused-ring (bicyclic) bond motifs is 1. The van der Waals surface area contributed by atoms with Crippen LogP contribution in [0.15, 0.2) is 36.9 Å². The van der Waals surface area contributed by atoms with E-state index in [-0.39, 0.29) is 23.7 Å². The van der Waals surface area contributed by atoms with Crippen LogP contribution in [0.5, 0.6) is 0 Å². The van der Waals surface area contributed by atoms with E-state index in [4.69, 9.17) is 14.2 Å². The minimum Gasteiger partial charge on any atom is -0.462 e. The quantitative estimate of drug-likeness (QED) is 0.269. The van der Waals surface area contributed by atoms with E-state index < -0.39 is 24.1 Å². The number of benzene rings is 1. The van der Waals surface area contributed by atoms with Crippen molar-refractivity contribution < 1.29 is 28.6 Å². The SMILES string of the molecule is C=CCOC(=O)c1sc(N[C@H]2OC(=O)c3ccccc32)c(C(=O)OCCCC)c1C. The zero-order valence-electron chi connectivity index (χ0n) is 16.9. The molecule has 30 heavy (non-hydrogen) atoms. The van der Waals surface area contributed by atoms with Crippen LogP contribution in [0.4, 0.5) is 5.00 Å². The number of thiophene rings is 1. The lowest BCUT2D eigenvalue weighted by Gasteiger charge is -2.14. The highest BCUT2D eigenvalue weighted by molar-refractivity contribution is 7.18. The highest BCUT2D eigenvalue weighted by Crippen LogP contribution is 2.39. The normalized spacial score (nSPS) is 14.6. The summed E-state index contributed by atoms with van der Waals surface area (Å²) in [5.41, 5.74) is 1.81. The summed E-state index contributed by atoms with van der Waals surface area (Å²) >= 11 is 1.06. The average Bonchev–Trinajstić information content (AvgIpc) is 3.23. The first-order valence-corrected chi connectivity index (χ1v) is 10.4. The Morgan fingerprint density at radius 3 is 2.77 bits per heavy atom. The zero-order chi connectivity index (χ0) is 21.7. The zero-order valence-corrected chi connectivity index (χ0v) is 17.7. The minimum absolute atomic E-state index is 0.0584. The number of ether oxygens (including phenoxy) is 3. The third-order valence-corrected chi connectivity index (χ3v) is 5.75. The molecule has 0 spiro atoms. The molecule has 3 rings (SSSR count). The van der Waals surface area contributed by atoms with Crippen LogP contribution in [0.3, 0.4) is 0 Å². The first-order valence-electron chi connectivity index (χ1n) is 9.62. The van der Waals surface area contributed by atoms with E-state index in [9.17, 15) is 14.4 Å². The van der Waals surface area contributed by atoms with Gasteiger partial charge in [0, 0.05) is 5.56 Å². The van der Waals surface area contributed by atoms with E-state index in [2.05, 4.69) is 11.9 Å². The van der Waals surface area contributed by atoms with Gasteiger partial charge in [0.25, 0.3) is 0 Å². The second-order valence-corrected chi connectivity index (χ2v) is 7.67. The maximum absolute atomic E-state index is 12.8. The number of carbonyl (C=O) groups is 3. The molecule has 2 heterocycles. The molecule has 0 bridgehead atoms. The molecule has 0 amide bonds. The van der Waals surface area contributed by atoms with Crippen LogP contribution in [0.25, 0.3) is 0 Å². The first-order chi connectivity index (χ1) is 14.5. The molecule has 158 valence electrons. The summed E-state index contributed by atoms with van der Waals surface area (Å²) in [6.45, 7) is 7.53. The number of anilines is 1. The van der Waals surface area contributed by atoms with Crippen molar-refractivity contribution in [2.75, 3.05) is 18.5 Å². The first kappa shape index (κ1) is 21.6. The van der Waals surface area contributed by atoms with Crippen molar-refractivity contribution >= 4 is 34.2 Å². The second-order valence-electron chi connectivity index (χ2n) is 6.65. The molecule has 8 heteroatoms. The monoisotopic (exact) mass is 429 g/mol. The molecule has 0 saturated heterocycles. The van der Waals surface area contributed by atoms with Crippen molar-refractivity contribution in [3.63, 3.8) is 0 Å². The van der Waals surface area contributed by atoms with Gasteiger partial charge in [-0.25, -0.2) is 14.4 Å². The van der Waals surface area contributed by atoms with Gasteiger partial charge >= 0.3 is 17.9 Å². The molecule has 0 saturated carbocycles. The fourth-order valence-corrected chi connectivity index (χ4v) is 4.11. The van der Waals surface area contributed by atoms with Gasteiger partial charge in [-0.05, 0) is 25.0 Å². The summed E-state index contributed by atoms with van der Waals surface area (Å²) in [4.78, 5) is 37.6. The number of cyclic esters (lactones) is 1. The van der Waals surface area contributed by atoms with Gasteiger partial charge in [-0.3, -0.25) is 0 Å². The molecular formula is C22H23NO6S. The van der Waals surface area contributed by atoms with E-state index in [0.29, 0.717) is 21.7 Å². The Morgan fingerprint density at radius 1 is 1.27 bits per heavy atom. The van der Waals surface area contributed by atoms with Gasteiger partial charge in [0.1, 0.15) is 16.5 Å². The smallest absolute Gasteiger partial charge is 0.348 e. The molecule has 1 atom stereocenters. The summed E-state index contributed by atoms with van der Waals surface area (Å²) in [6.07, 6.45) is 2.31. The molecule has 0 aliphatic carbocycles. The Hall–Kier alpha value is -3.13. The fraction of sp³-hybridized carbons (Fsp3) is 0.318. The Labute approximate surface area is 178 Å². The van der Waals surface area contributed by atoms with Crippen LogP contribution >= 0.6 is 11.3 Å².